The minimum atomic E-state index is 0.361. The maximum absolute atomic E-state index is 7.40. The van der Waals surface area contributed by atoms with Crippen molar-refractivity contribution in [1.82, 2.24) is 4.98 Å². The Morgan fingerprint density at radius 2 is 2.19 bits per heavy atom. The van der Waals surface area contributed by atoms with Gasteiger partial charge in [-0.05, 0) is 24.5 Å². The van der Waals surface area contributed by atoms with Crippen molar-refractivity contribution in [1.29, 1.82) is 5.41 Å². The molecule has 0 unspecified atom stereocenters. The van der Waals surface area contributed by atoms with Gasteiger partial charge in [0.05, 0.1) is 7.11 Å². The van der Waals surface area contributed by atoms with E-state index in [1.54, 1.807) is 7.11 Å². The van der Waals surface area contributed by atoms with Gasteiger partial charge in [0, 0.05) is 23.5 Å². The molecule has 0 atom stereocenters. The van der Waals surface area contributed by atoms with Gasteiger partial charge >= 0.3 is 0 Å². The van der Waals surface area contributed by atoms with Crippen LogP contribution in [0.15, 0.2) is 30.5 Å². The van der Waals surface area contributed by atoms with E-state index in [4.69, 9.17) is 10.1 Å². The molecule has 0 saturated heterocycles. The van der Waals surface area contributed by atoms with Crippen LogP contribution in [0, 0.1) is 5.41 Å². The van der Waals surface area contributed by atoms with E-state index in [9.17, 15) is 0 Å². The van der Waals surface area contributed by atoms with Crippen LogP contribution >= 0.6 is 0 Å². The van der Waals surface area contributed by atoms with Gasteiger partial charge in [0.15, 0.2) is 5.90 Å². The third-order valence-corrected chi connectivity index (χ3v) is 2.77. The van der Waals surface area contributed by atoms with Crippen molar-refractivity contribution in [2.75, 3.05) is 7.11 Å². The Hall–Kier alpha value is -1.77. The van der Waals surface area contributed by atoms with E-state index in [1.165, 1.54) is 16.5 Å². The zero-order chi connectivity index (χ0) is 11.4. The first-order valence-electron chi connectivity index (χ1n) is 5.47. The summed E-state index contributed by atoms with van der Waals surface area (Å²) in [4.78, 5) is 3.26. The van der Waals surface area contributed by atoms with Crippen LogP contribution in [0.2, 0.25) is 0 Å². The molecule has 0 aliphatic heterocycles. The van der Waals surface area contributed by atoms with Crippen LogP contribution in [0.25, 0.3) is 10.9 Å². The second-order valence-electron chi connectivity index (χ2n) is 3.84. The highest BCUT2D eigenvalue weighted by atomic mass is 16.5. The molecule has 3 heteroatoms. The molecule has 1 heterocycles. The molecule has 0 aliphatic rings. The fraction of sp³-hybridized carbons (Fsp3) is 0.308. The summed E-state index contributed by atoms with van der Waals surface area (Å²) in [5.41, 5.74) is 2.50. The van der Waals surface area contributed by atoms with Gasteiger partial charge in [-0.15, -0.1) is 0 Å². The normalized spacial score (nSPS) is 10.6. The Labute approximate surface area is 94.9 Å². The van der Waals surface area contributed by atoms with E-state index < -0.39 is 0 Å². The van der Waals surface area contributed by atoms with E-state index in [-0.39, 0.29) is 0 Å². The molecule has 0 aliphatic carbocycles. The molecule has 0 spiro atoms. The maximum atomic E-state index is 7.40. The van der Waals surface area contributed by atoms with Crippen LogP contribution < -0.4 is 0 Å². The number of aromatic amines is 1. The average Bonchev–Trinajstić information content (AvgIpc) is 2.73. The predicted molar refractivity (Wildman–Crippen MR) is 66.0 cm³/mol. The number of fused-ring (bicyclic) bond motifs is 1. The summed E-state index contributed by atoms with van der Waals surface area (Å²) in [6.07, 6.45) is 4.70. The molecular formula is C13H16N2O. The van der Waals surface area contributed by atoms with E-state index in [1.807, 2.05) is 6.07 Å². The van der Waals surface area contributed by atoms with Crippen molar-refractivity contribution in [2.45, 2.75) is 19.3 Å². The van der Waals surface area contributed by atoms with E-state index in [0.717, 1.165) is 12.8 Å². The van der Waals surface area contributed by atoms with E-state index in [0.29, 0.717) is 12.3 Å². The smallest absolute Gasteiger partial charge is 0.180 e. The van der Waals surface area contributed by atoms with Crippen molar-refractivity contribution in [2.24, 2.45) is 0 Å². The number of hydrogen-bond donors (Lipinski definition) is 2. The number of ether oxygens (including phenoxy) is 1. The molecule has 1 aromatic heterocycles. The molecule has 3 nitrogen and oxygen atoms in total. The summed E-state index contributed by atoms with van der Waals surface area (Å²) in [7, 11) is 1.55. The summed E-state index contributed by atoms with van der Waals surface area (Å²) in [5.74, 6) is 0.361. The fourth-order valence-electron chi connectivity index (χ4n) is 1.88. The zero-order valence-corrected chi connectivity index (χ0v) is 9.42. The lowest BCUT2D eigenvalue weighted by molar-refractivity contribution is 0.384. The van der Waals surface area contributed by atoms with Crippen LogP contribution in [0.5, 0.6) is 0 Å². The molecule has 0 saturated carbocycles. The van der Waals surface area contributed by atoms with Crippen molar-refractivity contribution < 1.29 is 4.74 Å². The number of methoxy groups -OCH3 is 1. The molecule has 0 radical (unpaired) electrons. The molecule has 0 bridgehead atoms. The van der Waals surface area contributed by atoms with Gasteiger partial charge in [-0.25, -0.2) is 0 Å². The van der Waals surface area contributed by atoms with Crippen LogP contribution in [0.1, 0.15) is 18.4 Å². The Bertz CT molecular complexity index is 487. The van der Waals surface area contributed by atoms with Crippen molar-refractivity contribution >= 4 is 16.8 Å². The number of nitrogens with one attached hydrogen (secondary N) is 2. The molecule has 0 amide bonds. The van der Waals surface area contributed by atoms with Gasteiger partial charge in [0.2, 0.25) is 0 Å². The highest BCUT2D eigenvalue weighted by Gasteiger charge is 2.03. The molecule has 0 fully saturated rings. The second kappa shape index (κ2) is 4.84. The summed E-state index contributed by atoms with van der Waals surface area (Å²) < 4.78 is 4.83. The third kappa shape index (κ3) is 2.24. The molecule has 84 valence electrons. The van der Waals surface area contributed by atoms with Crippen molar-refractivity contribution in [3.05, 3.63) is 36.0 Å². The van der Waals surface area contributed by atoms with E-state index in [2.05, 4.69) is 29.4 Å². The highest BCUT2D eigenvalue weighted by molar-refractivity contribution is 5.83. The van der Waals surface area contributed by atoms with Gasteiger partial charge < -0.3 is 9.72 Å². The number of H-pyrrole nitrogens is 1. The van der Waals surface area contributed by atoms with Gasteiger partial charge in [0.25, 0.3) is 0 Å². The van der Waals surface area contributed by atoms with Crippen molar-refractivity contribution in [3.63, 3.8) is 0 Å². The number of hydrogen-bond acceptors (Lipinski definition) is 2. The monoisotopic (exact) mass is 216 g/mol. The minimum absolute atomic E-state index is 0.361. The fourth-order valence-corrected chi connectivity index (χ4v) is 1.88. The summed E-state index contributed by atoms with van der Waals surface area (Å²) in [6, 6.07) is 8.29. The molecule has 2 N–H and O–H groups in total. The Morgan fingerprint density at radius 1 is 1.38 bits per heavy atom. The quantitative estimate of drug-likeness (QED) is 0.598. The van der Waals surface area contributed by atoms with Crippen LogP contribution in [0.4, 0.5) is 0 Å². The summed E-state index contributed by atoms with van der Waals surface area (Å²) in [6.45, 7) is 0. The zero-order valence-electron chi connectivity index (χ0n) is 9.42. The largest absolute Gasteiger partial charge is 0.484 e. The topological polar surface area (TPSA) is 48.9 Å². The number of aryl methyl sites for hydroxylation is 1. The lowest BCUT2D eigenvalue weighted by Gasteiger charge is -2.01. The van der Waals surface area contributed by atoms with Gasteiger partial charge in [-0.1, -0.05) is 18.2 Å². The predicted octanol–water partition coefficient (Wildman–Crippen LogP) is 3.11. The second-order valence-corrected chi connectivity index (χ2v) is 3.84. The molecule has 16 heavy (non-hydrogen) atoms. The Kier molecular flexibility index (Phi) is 3.25. The SMILES string of the molecule is COC(=N)CCCc1c[nH]c2ccccc12. The lowest BCUT2D eigenvalue weighted by atomic mass is 10.1. The standard InChI is InChI=1S/C13H16N2O/c1-16-13(14)8-4-5-10-9-15-12-7-3-2-6-11(10)12/h2-3,6-7,9,14-15H,4-5,8H2,1H3. The molecular weight excluding hydrogens is 200 g/mol. The average molecular weight is 216 g/mol. The first-order chi connectivity index (χ1) is 7.81. The lowest BCUT2D eigenvalue weighted by Crippen LogP contribution is -1.99. The first kappa shape index (κ1) is 10.7. The summed E-state index contributed by atoms with van der Waals surface area (Å²) >= 11 is 0. The first-order valence-corrected chi connectivity index (χ1v) is 5.47. The Balaban J connectivity index is 2.02. The minimum Gasteiger partial charge on any atom is -0.484 e. The van der Waals surface area contributed by atoms with Crippen LogP contribution in [-0.4, -0.2) is 18.0 Å². The van der Waals surface area contributed by atoms with E-state index >= 15 is 0 Å². The van der Waals surface area contributed by atoms with Crippen LogP contribution in [0.3, 0.4) is 0 Å². The molecule has 2 aromatic rings. The number of rotatable bonds is 4. The molecule has 2 rings (SSSR count). The van der Waals surface area contributed by atoms with Crippen LogP contribution in [-0.2, 0) is 11.2 Å². The third-order valence-electron chi connectivity index (χ3n) is 2.77. The summed E-state index contributed by atoms with van der Waals surface area (Å²) in [5, 5.41) is 8.68. The number of benzene rings is 1. The number of para-hydroxylation sites is 1. The molecule has 1 aromatic carbocycles. The highest BCUT2D eigenvalue weighted by Crippen LogP contribution is 2.19. The van der Waals surface area contributed by atoms with Gasteiger partial charge in [-0.3, -0.25) is 5.41 Å². The van der Waals surface area contributed by atoms with Gasteiger partial charge in [-0.2, -0.15) is 0 Å². The van der Waals surface area contributed by atoms with Crippen molar-refractivity contribution in [3.8, 4) is 0 Å². The number of aromatic nitrogens is 1. The Morgan fingerprint density at radius 3 is 3.00 bits per heavy atom. The maximum Gasteiger partial charge on any atom is 0.180 e. The van der Waals surface area contributed by atoms with Gasteiger partial charge in [0.1, 0.15) is 0 Å².